The first-order chi connectivity index (χ1) is 17.2. The van der Waals surface area contributed by atoms with Crippen molar-refractivity contribution in [1.29, 1.82) is 0 Å². The van der Waals surface area contributed by atoms with Crippen molar-refractivity contribution in [2.75, 3.05) is 11.4 Å². The van der Waals surface area contributed by atoms with E-state index in [4.69, 9.17) is 0 Å². The van der Waals surface area contributed by atoms with E-state index >= 15 is 0 Å². The number of rotatable bonds is 5. The van der Waals surface area contributed by atoms with Crippen molar-refractivity contribution in [3.8, 4) is 10.4 Å². The predicted molar refractivity (Wildman–Crippen MR) is 141 cm³/mol. The molecular formula is C30H26N2O2S. The summed E-state index contributed by atoms with van der Waals surface area (Å²) in [6.07, 6.45) is 2.85. The van der Waals surface area contributed by atoms with Gasteiger partial charge in [0.25, 0.3) is 5.91 Å². The normalized spacial score (nSPS) is 14.7. The molecule has 0 unspecified atom stereocenters. The zero-order valence-electron chi connectivity index (χ0n) is 19.3. The van der Waals surface area contributed by atoms with Crippen molar-refractivity contribution in [3.05, 3.63) is 113 Å². The zero-order valence-corrected chi connectivity index (χ0v) is 20.1. The van der Waals surface area contributed by atoms with Crippen LogP contribution < -0.4 is 10.2 Å². The Morgan fingerprint density at radius 1 is 0.857 bits per heavy atom. The van der Waals surface area contributed by atoms with Gasteiger partial charge >= 0.3 is 0 Å². The molecule has 1 saturated carbocycles. The highest BCUT2D eigenvalue weighted by Crippen LogP contribution is 2.43. The Kier molecular flexibility index (Phi) is 5.71. The number of nitrogens with zero attached hydrogens (tertiary/aromatic N) is 1. The molecule has 174 valence electrons. The number of carbonyl (C=O) groups excluding carboxylic acids is 2. The summed E-state index contributed by atoms with van der Waals surface area (Å²) < 4.78 is 0. The molecule has 5 heteroatoms. The third-order valence-corrected chi connectivity index (χ3v) is 7.98. The van der Waals surface area contributed by atoms with Gasteiger partial charge in [0.15, 0.2) is 0 Å². The minimum absolute atomic E-state index is 0.0178. The molecule has 1 aliphatic heterocycles. The van der Waals surface area contributed by atoms with Crippen molar-refractivity contribution in [2.45, 2.75) is 31.2 Å². The van der Waals surface area contributed by atoms with Crippen LogP contribution in [0.15, 0.2) is 91.0 Å². The van der Waals surface area contributed by atoms with Crippen LogP contribution in [0.4, 0.5) is 5.69 Å². The first-order valence-corrected chi connectivity index (χ1v) is 12.9. The maximum absolute atomic E-state index is 14.3. The average Bonchev–Trinajstić information content (AvgIpc) is 3.64. The van der Waals surface area contributed by atoms with Gasteiger partial charge in [0.05, 0.1) is 16.5 Å². The summed E-state index contributed by atoms with van der Waals surface area (Å²) in [5.74, 6) is -0.303. The van der Waals surface area contributed by atoms with Crippen LogP contribution in [0.25, 0.3) is 10.4 Å². The molecule has 2 aliphatic rings. The lowest BCUT2D eigenvalue weighted by atomic mass is 9.89. The molecule has 1 fully saturated rings. The highest BCUT2D eigenvalue weighted by atomic mass is 32.1. The van der Waals surface area contributed by atoms with E-state index in [2.05, 4.69) is 11.4 Å². The van der Waals surface area contributed by atoms with Gasteiger partial charge in [0, 0.05) is 23.0 Å². The van der Waals surface area contributed by atoms with Crippen LogP contribution in [0.3, 0.4) is 0 Å². The van der Waals surface area contributed by atoms with E-state index in [1.807, 2.05) is 89.8 Å². The third kappa shape index (κ3) is 4.28. The fourth-order valence-electron chi connectivity index (χ4n) is 4.85. The fourth-order valence-corrected chi connectivity index (χ4v) is 5.99. The number of benzene rings is 3. The number of para-hydroxylation sites is 1. The smallest absolute Gasteiger partial charge is 0.261 e. The lowest BCUT2D eigenvalue weighted by Crippen LogP contribution is -2.37. The van der Waals surface area contributed by atoms with Gasteiger partial charge < -0.3 is 10.2 Å². The Hall–Kier alpha value is -3.70. The van der Waals surface area contributed by atoms with Crippen LogP contribution in [0, 0.1) is 0 Å². The van der Waals surface area contributed by atoms with Gasteiger partial charge in [-0.25, -0.2) is 0 Å². The molecule has 1 aliphatic carbocycles. The van der Waals surface area contributed by atoms with Crippen LogP contribution in [-0.2, 0) is 11.2 Å². The summed E-state index contributed by atoms with van der Waals surface area (Å²) in [6, 6.07) is 30.5. The first-order valence-electron chi connectivity index (χ1n) is 12.1. The molecule has 1 aromatic heterocycles. The molecule has 1 N–H and O–H groups in total. The average molecular weight is 479 g/mol. The highest BCUT2D eigenvalue weighted by Gasteiger charge is 2.33. The zero-order chi connectivity index (χ0) is 23.8. The largest absolute Gasteiger partial charge is 0.349 e. The lowest BCUT2D eigenvalue weighted by molar-refractivity contribution is -0.119. The molecule has 6 rings (SSSR count). The molecule has 2 amide bonds. The lowest BCUT2D eigenvalue weighted by Gasteiger charge is -2.28. The molecule has 35 heavy (non-hydrogen) atoms. The van der Waals surface area contributed by atoms with Crippen LogP contribution in [-0.4, -0.2) is 24.4 Å². The van der Waals surface area contributed by atoms with Crippen molar-refractivity contribution < 1.29 is 9.59 Å². The van der Waals surface area contributed by atoms with E-state index in [9.17, 15) is 9.59 Å². The summed E-state index contributed by atoms with van der Waals surface area (Å²) in [6.45, 7) is 0.569. The highest BCUT2D eigenvalue weighted by molar-refractivity contribution is 7.17. The van der Waals surface area contributed by atoms with E-state index in [0.717, 1.165) is 50.5 Å². The molecule has 4 aromatic rings. The quantitative estimate of drug-likeness (QED) is 0.381. The molecule has 3 aromatic carbocycles. The Balaban J connectivity index is 1.39. The number of carbonyl (C=O) groups is 2. The summed E-state index contributed by atoms with van der Waals surface area (Å²) in [7, 11) is 0. The van der Waals surface area contributed by atoms with E-state index in [1.165, 1.54) is 11.3 Å². The van der Waals surface area contributed by atoms with Crippen molar-refractivity contribution in [3.63, 3.8) is 0 Å². The Labute approximate surface area is 209 Å². The molecular weight excluding hydrogens is 452 g/mol. The van der Waals surface area contributed by atoms with Gasteiger partial charge in [-0.1, -0.05) is 78.9 Å². The Bertz CT molecular complexity index is 1340. The number of nitrogens with one attached hydrogen (secondary N) is 1. The van der Waals surface area contributed by atoms with Gasteiger partial charge in [-0.3, -0.25) is 9.59 Å². The summed E-state index contributed by atoms with van der Waals surface area (Å²) in [5, 5.41) is 3.10. The SMILES string of the molecule is O=C(NC1CC1)c1cc2c(s1)-c1ccccc1N(C(=O)C(c1ccccc1)c1ccccc1)CC2. The summed E-state index contributed by atoms with van der Waals surface area (Å²) in [4.78, 5) is 30.8. The van der Waals surface area contributed by atoms with Crippen molar-refractivity contribution in [1.82, 2.24) is 5.32 Å². The minimum Gasteiger partial charge on any atom is -0.349 e. The van der Waals surface area contributed by atoms with Crippen molar-refractivity contribution in [2.24, 2.45) is 0 Å². The van der Waals surface area contributed by atoms with Gasteiger partial charge in [-0.05, 0) is 48.1 Å². The molecule has 0 atom stereocenters. The number of thiophene rings is 1. The second kappa shape index (κ2) is 9.16. The Morgan fingerprint density at radius 2 is 1.49 bits per heavy atom. The monoisotopic (exact) mass is 478 g/mol. The second-order valence-electron chi connectivity index (χ2n) is 9.22. The maximum atomic E-state index is 14.3. The third-order valence-electron chi connectivity index (χ3n) is 6.77. The molecule has 0 radical (unpaired) electrons. The second-order valence-corrected chi connectivity index (χ2v) is 10.3. The van der Waals surface area contributed by atoms with Gasteiger partial charge in [-0.15, -0.1) is 11.3 Å². The molecule has 0 bridgehead atoms. The van der Waals surface area contributed by atoms with Crippen LogP contribution in [0.1, 0.15) is 45.1 Å². The Morgan fingerprint density at radius 3 is 2.14 bits per heavy atom. The van der Waals surface area contributed by atoms with Crippen LogP contribution >= 0.6 is 11.3 Å². The number of amides is 2. The van der Waals surface area contributed by atoms with Crippen LogP contribution in [0.2, 0.25) is 0 Å². The number of fused-ring (bicyclic) bond motifs is 3. The summed E-state index contributed by atoms with van der Waals surface area (Å²) in [5.41, 5.74) is 5.03. The van der Waals surface area contributed by atoms with E-state index < -0.39 is 0 Å². The van der Waals surface area contributed by atoms with Gasteiger partial charge in [0.1, 0.15) is 0 Å². The minimum atomic E-state index is -0.388. The first kappa shape index (κ1) is 21.8. The fraction of sp³-hybridized carbons (Fsp3) is 0.200. The van der Waals surface area contributed by atoms with E-state index in [-0.39, 0.29) is 17.7 Å². The maximum Gasteiger partial charge on any atom is 0.261 e. The molecule has 4 nitrogen and oxygen atoms in total. The number of hydrogen-bond acceptors (Lipinski definition) is 3. The molecule has 2 heterocycles. The predicted octanol–water partition coefficient (Wildman–Crippen LogP) is 6.03. The van der Waals surface area contributed by atoms with Crippen LogP contribution in [0.5, 0.6) is 0 Å². The number of hydrogen-bond donors (Lipinski definition) is 1. The van der Waals surface area contributed by atoms with Gasteiger partial charge in [0.2, 0.25) is 5.91 Å². The standard InChI is InChI=1S/C30H26N2O2S/c33-29(31-23-15-16-23)26-19-22-17-18-32(25-14-8-7-13-24(25)28(22)35-26)30(34)27(20-9-3-1-4-10-20)21-11-5-2-6-12-21/h1-14,19,23,27H,15-18H2,(H,31,33). The topological polar surface area (TPSA) is 49.4 Å². The van der Waals surface area contributed by atoms with Crippen molar-refractivity contribution >= 4 is 28.8 Å². The van der Waals surface area contributed by atoms with E-state index in [1.54, 1.807) is 0 Å². The molecule has 0 saturated heterocycles. The summed E-state index contributed by atoms with van der Waals surface area (Å²) >= 11 is 1.53. The molecule has 0 spiro atoms. The van der Waals surface area contributed by atoms with Gasteiger partial charge in [-0.2, -0.15) is 0 Å². The van der Waals surface area contributed by atoms with E-state index in [0.29, 0.717) is 19.0 Å². The number of anilines is 1.